The predicted octanol–water partition coefficient (Wildman–Crippen LogP) is 2.37. The van der Waals surface area contributed by atoms with Gasteiger partial charge in [0.15, 0.2) is 5.82 Å². The second kappa shape index (κ2) is 7.36. The molecule has 4 rings (SSSR count). The molecule has 2 aliphatic heterocycles. The first-order valence-corrected chi connectivity index (χ1v) is 9.81. The van der Waals surface area contributed by atoms with E-state index in [0.717, 1.165) is 50.3 Å². The Kier molecular flexibility index (Phi) is 4.87. The molecule has 2 aliphatic rings. The van der Waals surface area contributed by atoms with Gasteiger partial charge in [-0.1, -0.05) is 6.07 Å². The van der Waals surface area contributed by atoms with Gasteiger partial charge in [-0.15, -0.1) is 0 Å². The molecule has 1 aromatic heterocycles. The van der Waals surface area contributed by atoms with Crippen molar-refractivity contribution in [2.75, 3.05) is 30.3 Å². The third-order valence-corrected chi connectivity index (χ3v) is 5.94. The third kappa shape index (κ3) is 3.40. The van der Waals surface area contributed by atoms with Gasteiger partial charge in [0.1, 0.15) is 0 Å². The molecule has 0 aliphatic carbocycles. The summed E-state index contributed by atoms with van der Waals surface area (Å²) in [6.45, 7) is 2.63. The van der Waals surface area contributed by atoms with Crippen molar-refractivity contribution in [2.24, 2.45) is 12.8 Å². The highest BCUT2D eigenvalue weighted by atomic mass is 16.5. The maximum absolute atomic E-state index is 8.76. The number of benzene rings is 1. The molecule has 2 aromatic rings. The monoisotopic (exact) mass is 395 g/mol. The lowest BCUT2D eigenvalue weighted by molar-refractivity contribution is -0.151. The van der Waals surface area contributed by atoms with Crippen molar-refractivity contribution in [1.82, 2.24) is 9.78 Å². The SMILES string of the molecule is Cn1nc(N2CCCC3(CCO3)C2)cc1C(=N)c1cc(/C(C=N)=C/N)ccc1N.[HH]. The van der Waals surface area contributed by atoms with Crippen LogP contribution < -0.4 is 16.4 Å². The number of nitrogen functional groups attached to an aromatic ring is 1. The first-order chi connectivity index (χ1) is 14.0. The van der Waals surface area contributed by atoms with Gasteiger partial charge in [-0.25, -0.2) is 0 Å². The number of allylic oxidation sites excluding steroid dienone is 1. The number of ether oxygens (including phenoxy) is 1. The Morgan fingerprint density at radius 3 is 2.79 bits per heavy atom. The van der Waals surface area contributed by atoms with Gasteiger partial charge < -0.3 is 26.5 Å². The average molecular weight is 396 g/mol. The summed E-state index contributed by atoms with van der Waals surface area (Å²) in [5.41, 5.74) is 15.2. The number of piperidine rings is 1. The number of hydrogen-bond acceptors (Lipinski definition) is 7. The zero-order chi connectivity index (χ0) is 20.6. The topological polar surface area (TPSA) is 130 Å². The number of aryl methyl sites for hydroxylation is 1. The average Bonchev–Trinajstić information content (AvgIpc) is 3.10. The number of nitrogens with two attached hydrogens (primary N) is 2. The van der Waals surface area contributed by atoms with Crippen molar-refractivity contribution in [1.29, 1.82) is 10.8 Å². The van der Waals surface area contributed by atoms with Gasteiger partial charge in [-0.3, -0.25) is 10.1 Å². The van der Waals surface area contributed by atoms with Crippen molar-refractivity contribution in [2.45, 2.75) is 24.9 Å². The van der Waals surface area contributed by atoms with Crippen LogP contribution >= 0.6 is 0 Å². The predicted molar refractivity (Wildman–Crippen MR) is 118 cm³/mol. The molecule has 0 radical (unpaired) electrons. The van der Waals surface area contributed by atoms with Crippen LogP contribution in [0.1, 0.15) is 37.5 Å². The Morgan fingerprint density at radius 2 is 2.14 bits per heavy atom. The van der Waals surface area contributed by atoms with Gasteiger partial charge in [0.2, 0.25) is 0 Å². The molecule has 0 amide bonds. The van der Waals surface area contributed by atoms with E-state index in [-0.39, 0.29) is 7.03 Å². The second-order valence-electron chi connectivity index (χ2n) is 7.76. The highest BCUT2D eigenvalue weighted by Crippen LogP contribution is 2.37. The molecule has 0 saturated carbocycles. The van der Waals surface area contributed by atoms with Gasteiger partial charge in [0.25, 0.3) is 0 Å². The lowest BCUT2D eigenvalue weighted by atomic mass is 9.86. The summed E-state index contributed by atoms with van der Waals surface area (Å²) in [4.78, 5) is 2.25. The lowest BCUT2D eigenvalue weighted by Crippen LogP contribution is -2.56. The van der Waals surface area contributed by atoms with Crippen LogP contribution in [0.2, 0.25) is 0 Å². The molecule has 0 bridgehead atoms. The Labute approximate surface area is 171 Å². The molecule has 1 spiro atoms. The van der Waals surface area contributed by atoms with E-state index >= 15 is 0 Å². The van der Waals surface area contributed by atoms with E-state index in [0.29, 0.717) is 28.2 Å². The van der Waals surface area contributed by atoms with E-state index < -0.39 is 0 Å². The maximum Gasteiger partial charge on any atom is 0.151 e. The summed E-state index contributed by atoms with van der Waals surface area (Å²) in [5.74, 6) is 0.860. The number of nitrogens with zero attached hydrogens (tertiary/aromatic N) is 3. The maximum atomic E-state index is 8.76. The number of nitrogens with one attached hydrogen (secondary N) is 2. The molecule has 1 unspecified atom stereocenters. The van der Waals surface area contributed by atoms with Crippen molar-refractivity contribution >= 4 is 29.0 Å². The Morgan fingerprint density at radius 1 is 1.34 bits per heavy atom. The van der Waals surface area contributed by atoms with Gasteiger partial charge in [0.05, 0.1) is 23.6 Å². The largest absolute Gasteiger partial charge is 0.404 e. The molecule has 8 heteroatoms. The molecule has 1 atom stereocenters. The van der Waals surface area contributed by atoms with Gasteiger partial charge >= 0.3 is 0 Å². The molecule has 3 heterocycles. The fourth-order valence-corrected chi connectivity index (χ4v) is 4.16. The summed E-state index contributed by atoms with van der Waals surface area (Å²) in [6, 6.07) is 7.29. The van der Waals surface area contributed by atoms with Crippen LogP contribution in [0.5, 0.6) is 0 Å². The van der Waals surface area contributed by atoms with Crippen molar-refractivity contribution < 1.29 is 6.16 Å². The number of anilines is 2. The first-order valence-electron chi connectivity index (χ1n) is 9.81. The third-order valence-electron chi connectivity index (χ3n) is 5.94. The standard InChI is InChI=1S/C21H27N7O.H2/c1-27-18(10-19(26-27)28-7-2-5-21(13-28)6-8-29-21)20(25)16-9-14(3-4-17(16)24)15(11-22)12-23;/h3-4,9-12,22,25H,2,5-8,13,23-24H2,1H3;1H/b15-12+,22-11?,25-20?;. The number of aromatic nitrogens is 2. The normalized spacial score (nSPS) is 21.8. The Hall–Kier alpha value is -3.13. The molecule has 2 fully saturated rings. The fourth-order valence-electron chi connectivity index (χ4n) is 4.16. The number of hydrogen-bond donors (Lipinski definition) is 4. The van der Waals surface area contributed by atoms with E-state index in [4.69, 9.17) is 27.0 Å². The first kappa shape index (κ1) is 19.2. The van der Waals surface area contributed by atoms with Crippen LogP contribution in [0.15, 0.2) is 30.5 Å². The molecule has 29 heavy (non-hydrogen) atoms. The van der Waals surface area contributed by atoms with Crippen molar-refractivity contribution in [3.8, 4) is 0 Å². The summed E-state index contributed by atoms with van der Waals surface area (Å²) < 4.78 is 7.59. The zero-order valence-electron chi connectivity index (χ0n) is 16.6. The summed E-state index contributed by atoms with van der Waals surface area (Å²) in [7, 11) is 1.84. The molecule has 6 N–H and O–H groups in total. The van der Waals surface area contributed by atoms with Crippen LogP contribution in [0.25, 0.3) is 5.57 Å². The fraction of sp³-hybridized carbons (Fsp3) is 0.381. The van der Waals surface area contributed by atoms with Crippen LogP contribution in [-0.2, 0) is 11.8 Å². The smallest absolute Gasteiger partial charge is 0.151 e. The minimum absolute atomic E-state index is 0. The quantitative estimate of drug-likeness (QED) is 0.456. The summed E-state index contributed by atoms with van der Waals surface area (Å²) in [5, 5.41) is 20.9. The lowest BCUT2D eigenvalue weighted by Gasteiger charge is -2.48. The van der Waals surface area contributed by atoms with Crippen LogP contribution in [0.3, 0.4) is 0 Å². The minimum atomic E-state index is -0.0140. The second-order valence-corrected chi connectivity index (χ2v) is 7.76. The molecule has 154 valence electrons. The molecular weight excluding hydrogens is 366 g/mol. The molecule has 2 saturated heterocycles. The summed E-state index contributed by atoms with van der Waals surface area (Å²) in [6.07, 6.45) is 5.85. The highest BCUT2D eigenvalue weighted by Gasteiger charge is 2.42. The summed E-state index contributed by atoms with van der Waals surface area (Å²) >= 11 is 0. The highest BCUT2D eigenvalue weighted by molar-refractivity contribution is 6.15. The van der Waals surface area contributed by atoms with E-state index in [2.05, 4.69) is 10.00 Å². The number of rotatable bonds is 5. The molecular formula is C21H29N7O. The van der Waals surface area contributed by atoms with Gasteiger partial charge in [-0.2, -0.15) is 5.10 Å². The zero-order valence-corrected chi connectivity index (χ0v) is 16.6. The van der Waals surface area contributed by atoms with E-state index in [1.807, 2.05) is 13.1 Å². The minimum Gasteiger partial charge on any atom is -0.404 e. The molecule has 8 nitrogen and oxygen atoms in total. The van der Waals surface area contributed by atoms with Crippen LogP contribution in [0, 0.1) is 10.8 Å². The Bertz CT molecular complexity index is 993. The molecule has 1 aromatic carbocycles. The van der Waals surface area contributed by atoms with Gasteiger partial charge in [0, 0.05) is 63.3 Å². The van der Waals surface area contributed by atoms with E-state index in [9.17, 15) is 0 Å². The van der Waals surface area contributed by atoms with E-state index in [1.165, 1.54) is 12.4 Å². The van der Waals surface area contributed by atoms with Crippen molar-refractivity contribution in [3.63, 3.8) is 0 Å². The van der Waals surface area contributed by atoms with Crippen molar-refractivity contribution in [3.05, 3.63) is 47.3 Å². The van der Waals surface area contributed by atoms with Crippen LogP contribution in [0.4, 0.5) is 11.5 Å². The van der Waals surface area contributed by atoms with Gasteiger partial charge in [-0.05, 0) is 30.5 Å². The van der Waals surface area contributed by atoms with Crippen LogP contribution in [-0.4, -0.2) is 47.0 Å². The Balaban J connectivity index is 0.00000256. The van der Waals surface area contributed by atoms with E-state index in [1.54, 1.807) is 22.9 Å².